The van der Waals surface area contributed by atoms with E-state index in [0.29, 0.717) is 38.9 Å². The zero-order valence-corrected chi connectivity index (χ0v) is 28.4. The van der Waals surface area contributed by atoms with Crippen molar-refractivity contribution in [2.24, 2.45) is 0 Å². The van der Waals surface area contributed by atoms with E-state index in [1.54, 1.807) is 0 Å². The van der Waals surface area contributed by atoms with E-state index < -0.39 is 5.97 Å². The van der Waals surface area contributed by atoms with Gasteiger partial charge in [0, 0.05) is 32.5 Å². The third-order valence-corrected chi connectivity index (χ3v) is 6.81. The summed E-state index contributed by atoms with van der Waals surface area (Å²) in [6.45, 7) is 7.29. The van der Waals surface area contributed by atoms with Crippen LogP contribution in [0.25, 0.3) is 0 Å². The predicted octanol–water partition coefficient (Wildman–Crippen LogP) is 8.93. The summed E-state index contributed by atoms with van der Waals surface area (Å²) >= 11 is 0. The van der Waals surface area contributed by atoms with Crippen molar-refractivity contribution in [2.45, 2.75) is 181 Å². The monoisotopic (exact) mass is 619 g/mol. The third-order valence-electron chi connectivity index (χ3n) is 6.81. The first-order chi connectivity index (χ1) is 20.9. The Hall–Kier alpha value is -1.67. The molecule has 8 heteroatoms. The number of esters is 2. The average molecular weight is 619 g/mol. The Bertz CT molecular complexity index is 566. The number of hydrogen-bond donors (Lipinski definition) is 3. The van der Waals surface area contributed by atoms with Gasteiger partial charge in [0.25, 0.3) is 0 Å². The van der Waals surface area contributed by atoms with Crippen LogP contribution < -0.4 is 0 Å². The maximum Gasteiger partial charge on any atom is 0.305 e. The van der Waals surface area contributed by atoms with Gasteiger partial charge in [0.15, 0.2) is 0 Å². The topological polar surface area (TPSA) is 130 Å². The van der Waals surface area contributed by atoms with Crippen molar-refractivity contribution >= 4 is 17.9 Å². The Morgan fingerprint density at radius 1 is 0.419 bits per heavy atom. The molecule has 0 aromatic rings. The number of carbonyl (C=O) groups excluding carboxylic acids is 2. The van der Waals surface area contributed by atoms with E-state index in [1.165, 1.54) is 83.5 Å². The van der Waals surface area contributed by atoms with E-state index in [-0.39, 0.29) is 25.2 Å². The van der Waals surface area contributed by atoms with E-state index in [2.05, 4.69) is 13.8 Å². The number of aliphatic hydroxyl groups is 2. The molecule has 0 aliphatic carbocycles. The van der Waals surface area contributed by atoms with Crippen LogP contribution >= 0.6 is 0 Å². The van der Waals surface area contributed by atoms with Crippen LogP contribution in [-0.4, -0.2) is 59.7 Å². The highest BCUT2D eigenvalue weighted by atomic mass is 16.5. The molecule has 0 atom stereocenters. The quantitative estimate of drug-likeness (QED) is 0.0559. The molecule has 0 radical (unpaired) electrons. The van der Waals surface area contributed by atoms with Gasteiger partial charge in [0.1, 0.15) is 0 Å². The lowest BCUT2D eigenvalue weighted by Crippen LogP contribution is -2.08. The number of carbonyl (C=O) groups is 3. The molecule has 3 N–H and O–H groups in total. The van der Waals surface area contributed by atoms with Crippen molar-refractivity contribution in [2.75, 3.05) is 26.4 Å². The molecule has 0 heterocycles. The molecular formula is C35H70O8. The summed E-state index contributed by atoms with van der Waals surface area (Å²) in [6.07, 6.45) is 27.1. The molecule has 0 aromatic heterocycles. The number of unbranched alkanes of at least 4 members (excludes halogenated alkanes) is 17. The third kappa shape index (κ3) is 50.3. The van der Waals surface area contributed by atoms with Crippen LogP contribution in [0.15, 0.2) is 0 Å². The fourth-order valence-corrected chi connectivity index (χ4v) is 4.17. The Kier molecular flexibility index (Phi) is 45.2. The van der Waals surface area contributed by atoms with Crippen molar-refractivity contribution in [1.29, 1.82) is 0 Å². The molecule has 0 aliphatic heterocycles. The van der Waals surface area contributed by atoms with Gasteiger partial charge >= 0.3 is 17.9 Å². The molecule has 0 amide bonds. The van der Waals surface area contributed by atoms with Crippen molar-refractivity contribution in [3.05, 3.63) is 0 Å². The maximum absolute atomic E-state index is 11.8. The SMILES string of the molecule is CCCC(=O)O.CCCCCCCCCCCCCCCCCC(=O)OCCCCOC(=O)CCCCC.OCCCO. The Morgan fingerprint density at radius 3 is 1.02 bits per heavy atom. The fraction of sp³-hybridized carbons (Fsp3) is 0.914. The first-order valence-electron chi connectivity index (χ1n) is 17.6. The minimum atomic E-state index is -0.711. The van der Waals surface area contributed by atoms with Gasteiger partial charge in [-0.2, -0.15) is 0 Å². The van der Waals surface area contributed by atoms with Gasteiger partial charge in [0.2, 0.25) is 0 Å². The highest BCUT2D eigenvalue weighted by Gasteiger charge is 2.04. The van der Waals surface area contributed by atoms with Crippen LogP contribution in [0.1, 0.15) is 181 Å². The van der Waals surface area contributed by atoms with E-state index in [1.807, 2.05) is 6.92 Å². The molecule has 258 valence electrons. The molecule has 43 heavy (non-hydrogen) atoms. The molecule has 0 saturated carbocycles. The smallest absolute Gasteiger partial charge is 0.305 e. The summed E-state index contributed by atoms with van der Waals surface area (Å²) in [5, 5.41) is 23.7. The summed E-state index contributed by atoms with van der Waals surface area (Å²) < 4.78 is 10.4. The van der Waals surface area contributed by atoms with Crippen molar-refractivity contribution in [3.8, 4) is 0 Å². The van der Waals surface area contributed by atoms with E-state index >= 15 is 0 Å². The summed E-state index contributed by atoms with van der Waals surface area (Å²) in [4.78, 5) is 32.8. The maximum atomic E-state index is 11.8. The second-order valence-electron chi connectivity index (χ2n) is 11.2. The predicted molar refractivity (Wildman–Crippen MR) is 176 cm³/mol. The van der Waals surface area contributed by atoms with Crippen LogP contribution in [0.2, 0.25) is 0 Å². The fourth-order valence-electron chi connectivity index (χ4n) is 4.17. The molecule has 0 aromatic carbocycles. The minimum Gasteiger partial charge on any atom is -0.481 e. The number of carboxylic acid groups (broad SMARTS) is 1. The largest absolute Gasteiger partial charge is 0.481 e. The van der Waals surface area contributed by atoms with Gasteiger partial charge in [-0.25, -0.2) is 0 Å². The van der Waals surface area contributed by atoms with Gasteiger partial charge in [-0.15, -0.1) is 0 Å². The van der Waals surface area contributed by atoms with Crippen LogP contribution in [0.3, 0.4) is 0 Å². The Balaban J connectivity index is -0.00000122. The van der Waals surface area contributed by atoms with Gasteiger partial charge in [-0.3, -0.25) is 14.4 Å². The summed E-state index contributed by atoms with van der Waals surface area (Å²) in [5.74, 6) is -0.905. The van der Waals surface area contributed by atoms with Crippen LogP contribution in [0.4, 0.5) is 0 Å². The zero-order chi connectivity index (χ0) is 32.7. The Morgan fingerprint density at radius 2 is 0.744 bits per heavy atom. The van der Waals surface area contributed by atoms with Gasteiger partial charge in [-0.05, 0) is 38.5 Å². The van der Waals surface area contributed by atoms with Crippen molar-refractivity contribution in [1.82, 2.24) is 0 Å². The Labute approximate surface area is 264 Å². The second-order valence-corrected chi connectivity index (χ2v) is 11.2. The number of hydrogen-bond acceptors (Lipinski definition) is 7. The highest BCUT2D eigenvalue weighted by molar-refractivity contribution is 5.69. The number of ether oxygens (including phenoxy) is 2. The molecule has 0 bridgehead atoms. The van der Waals surface area contributed by atoms with E-state index in [9.17, 15) is 14.4 Å². The molecule has 0 spiro atoms. The molecular weight excluding hydrogens is 548 g/mol. The first-order valence-corrected chi connectivity index (χ1v) is 17.6. The van der Waals surface area contributed by atoms with Crippen molar-refractivity contribution < 1.29 is 39.2 Å². The van der Waals surface area contributed by atoms with E-state index in [4.69, 9.17) is 24.8 Å². The van der Waals surface area contributed by atoms with Crippen molar-refractivity contribution in [3.63, 3.8) is 0 Å². The normalized spacial score (nSPS) is 10.3. The molecule has 0 aliphatic rings. The first kappa shape index (κ1) is 45.8. The average Bonchev–Trinajstić information content (AvgIpc) is 2.98. The molecule has 8 nitrogen and oxygen atoms in total. The molecule has 0 rings (SSSR count). The van der Waals surface area contributed by atoms with Gasteiger partial charge in [0.05, 0.1) is 13.2 Å². The lowest BCUT2D eigenvalue weighted by Gasteiger charge is -2.06. The summed E-state index contributed by atoms with van der Waals surface area (Å²) in [6, 6.07) is 0. The molecule has 0 saturated heterocycles. The number of aliphatic carboxylic acids is 1. The summed E-state index contributed by atoms with van der Waals surface area (Å²) in [7, 11) is 0. The number of rotatable bonds is 29. The number of carboxylic acids is 1. The van der Waals surface area contributed by atoms with Gasteiger partial charge < -0.3 is 24.8 Å². The molecule has 0 fully saturated rings. The van der Waals surface area contributed by atoms with Crippen LogP contribution in [-0.2, 0) is 23.9 Å². The minimum absolute atomic E-state index is 0.0868. The van der Waals surface area contributed by atoms with E-state index in [0.717, 1.165) is 51.4 Å². The van der Waals surface area contributed by atoms with Gasteiger partial charge in [-0.1, -0.05) is 124 Å². The standard InChI is InChI=1S/C28H54O4.C4H8O2.C3H8O2/c1-3-5-7-8-9-10-11-12-13-14-15-16-17-18-20-24-28(30)32-26-22-21-25-31-27(29)23-19-6-4-2;1-2-3-4(5)6;4-2-1-3-5/h3-26H2,1-2H3;2-3H2,1H3,(H,5,6);4-5H,1-3H2. The second kappa shape index (κ2) is 42.5. The van der Waals surface area contributed by atoms with Crippen LogP contribution in [0, 0.1) is 0 Å². The zero-order valence-electron chi connectivity index (χ0n) is 28.4. The molecule has 0 unspecified atom stereocenters. The summed E-state index contributed by atoms with van der Waals surface area (Å²) in [5.41, 5.74) is 0. The highest BCUT2D eigenvalue weighted by Crippen LogP contribution is 2.14. The number of aliphatic hydroxyl groups excluding tert-OH is 2. The van der Waals surface area contributed by atoms with Crippen LogP contribution in [0.5, 0.6) is 0 Å². The lowest BCUT2D eigenvalue weighted by atomic mass is 10.0. The lowest BCUT2D eigenvalue weighted by molar-refractivity contribution is -0.146.